The molecule has 0 bridgehead atoms. The third kappa shape index (κ3) is 3.53. The van der Waals surface area contributed by atoms with Gasteiger partial charge in [-0.05, 0) is 47.7 Å². The summed E-state index contributed by atoms with van der Waals surface area (Å²) in [4.78, 5) is 24.5. The number of carbonyl (C=O) groups excluding carboxylic acids is 1. The van der Waals surface area contributed by atoms with Crippen LogP contribution in [0.15, 0.2) is 59.2 Å². The second-order valence-electron chi connectivity index (χ2n) is 7.49. The number of pyridine rings is 1. The van der Waals surface area contributed by atoms with Crippen LogP contribution in [0.1, 0.15) is 28.8 Å². The van der Waals surface area contributed by atoms with Crippen LogP contribution >= 0.6 is 11.3 Å². The summed E-state index contributed by atoms with van der Waals surface area (Å²) >= 11 is 1.51. The maximum absolute atomic E-state index is 13.3. The highest BCUT2D eigenvalue weighted by molar-refractivity contribution is 7.10. The lowest BCUT2D eigenvalue weighted by molar-refractivity contribution is -0.130. The average molecular weight is 432 g/mol. The molecule has 0 saturated carbocycles. The van der Waals surface area contributed by atoms with Crippen molar-refractivity contribution in [3.05, 3.63) is 70.2 Å². The predicted molar refractivity (Wildman–Crippen MR) is 120 cm³/mol. The number of hydrogen-bond acceptors (Lipinski definition) is 7. The highest BCUT2D eigenvalue weighted by atomic mass is 32.1. The van der Waals surface area contributed by atoms with Crippen molar-refractivity contribution in [1.29, 1.82) is 5.26 Å². The third-order valence-corrected chi connectivity index (χ3v) is 6.74. The van der Waals surface area contributed by atoms with E-state index in [9.17, 15) is 10.1 Å². The quantitative estimate of drug-likeness (QED) is 0.681. The third-order valence-electron chi connectivity index (χ3n) is 5.58. The van der Waals surface area contributed by atoms with Crippen LogP contribution in [0.3, 0.4) is 0 Å². The van der Waals surface area contributed by atoms with Crippen LogP contribution in [0.25, 0.3) is 11.1 Å². The number of nitriles is 1. The lowest BCUT2D eigenvalue weighted by atomic mass is 9.77. The van der Waals surface area contributed by atoms with Gasteiger partial charge in [-0.2, -0.15) is 5.26 Å². The number of nitrogens with zero attached hydrogens (tertiary/aromatic N) is 4. The number of likely N-dealkylation sites (N-methyl/N-ethyl adjacent to an activating group) is 1. The minimum Gasteiger partial charge on any atom is -0.497 e. The van der Waals surface area contributed by atoms with Crippen LogP contribution in [0.4, 0.5) is 0 Å². The van der Waals surface area contributed by atoms with E-state index in [1.54, 1.807) is 26.4 Å². The fraction of sp³-hybridized carbons (Fsp3) is 0.217. The van der Waals surface area contributed by atoms with Crippen molar-refractivity contribution < 1.29 is 9.53 Å². The van der Waals surface area contributed by atoms with Crippen LogP contribution in [-0.2, 0) is 10.3 Å². The first kappa shape index (κ1) is 20.6. The maximum Gasteiger partial charge on any atom is 0.239 e. The SMILES string of the molecule is COc1ccc(C2C(=O)N(C)C(N)=N[C@]2(C)c2cc(-c3cncc(C#N)c3)cs2)cc1. The molecule has 0 saturated heterocycles. The Hall–Kier alpha value is -3.70. The molecule has 2 atom stereocenters. The predicted octanol–water partition coefficient (Wildman–Crippen LogP) is 3.48. The molecule has 3 heterocycles. The zero-order chi connectivity index (χ0) is 22.2. The molecule has 3 aromatic rings. The van der Waals surface area contributed by atoms with Gasteiger partial charge in [0.2, 0.25) is 5.91 Å². The van der Waals surface area contributed by atoms with Gasteiger partial charge in [0.1, 0.15) is 17.4 Å². The Balaban J connectivity index is 1.82. The molecule has 8 heteroatoms. The number of thiophene rings is 1. The van der Waals surface area contributed by atoms with Crippen molar-refractivity contribution in [2.75, 3.05) is 14.2 Å². The fourth-order valence-electron chi connectivity index (χ4n) is 3.80. The molecule has 31 heavy (non-hydrogen) atoms. The summed E-state index contributed by atoms with van der Waals surface area (Å²) in [6.45, 7) is 1.93. The van der Waals surface area contributed by atoms with Crippen LogP contribution in [-0.4, -0.2) is 35.9 Å². The van der Waals surface area contributed by atoms with Crippen LogP contribution in [0.2, 0.25) is 0 Å². The summed E-state index contributed by atoms with van der Waals surface area (Å²) in [5, 5.41) is 11.2. The summed E-state index contributed by atoms with van der Waals surface area (Å²) in [6.07, 6.45) is 3.24. The molecule has 4 rings (SSSR count). The van der Waals surface area contributed by atoms with Gasteiger partial charge in [0.25, 0.3) is 0 Å². The average Bonchev–Trinajstić information content (AvgIpc) is 3.29. The number of benzene rings is 1. The number of methoxy groups -OCH3 is 1. The molecular weight excluding hydrogens is 410 g/mol. The molecular formula is C23H21N5O2S. The molecule has 1 aliphatic rings. The van der Waals surface area contributed by atoms with Crippen molar-refractivity contribution in [1.82, 2.24) is 9.88 Å². The first-order valence-electron chi connectivity index (χ1n) is 9.58. The van der Waals surface area contributed by atoms with Gasteiger partial charge in [0.05, 0.1) is 18.6 Å². The topological polar surface area (TPSA) is 105 Å². The zero-order valence-corrected chi connectivity index (χ0v) is 18.2. The van der Waals surface area contributed by atoms with E-state index in [0.717, 1.165) is 21.6 Å². The van der Waals surface area contributed by atoms with Gasteiger partial charge in [0.15, 0.2) is 5.96 Å². The largest absolute Gasteiger partial charge is 0.497 e. The van der Waals surface area contributed by atoms with E-state index >= 15 is 0 Å². The fourth-order valence-corrected chi connectivity index (χ4v) is 4.85. The van der Waals surface area contributed by atoms with Gasteiger partial charge < -0.3 is 10.5 Å². The normalized spacial score (nSPS) is 20.8. The van der Waals surface area contributed by atoms with Crippen molar-refractivity contribution in [2.24, 2.45) is 10.7 Å². The number of carbonyl (C=O) groups is 1. The van der Waals surface area contributed by atoms with Crippen LogP contribution < -0.4 is 10.5 Å². The summed E-state index contributed by atoms with van der Waals surface area (Å²) in [5.74, 6) is 0.225. The van der Waals surface area contributed by atoms with Crippen molar-refractivity contribution in [3.8, 4) is 22.9 Å². The van der Waals surface area contributed by atoms with Gasteiger partial charge in [0, 0.05) is 29.9 Å². The Morgan fingerprint density at radius 3 is 2.65 bits per heavy atom. The lowest BCUT2D eigenvalue weighted by Gasteiger charge is -2.40. The van der Waals surface area contributed by atoms with E-state index in [2.05, 4.69) is 11.1 Å². The van der Waals surface area contributed by atoms with Crippen molar-refractivity contribution in [3.63, 3.8) is 0 Å². The highest BCUT2D eigenvalue weighted by Gasteiger charge is 2.48. The first-order chi connectivity index (χ1) is 14.9. The van der Waals surface area contributed by atoms with Crippen molar-refractivity contribution in [2.45, 2.75) is 18.4 Å². The second kappa shape index (κ2) is 7.85. The molecule has 0 spiro atoms. The number of ether oxygens (including phenoxy) is 1. The van der Waals surface area contributed by atoms with Gasteiger partial charge in [-0.15, -0.1) is 11.3 Å². The molecule has 2 N–H and O–H groups in total. The molecule has 0 aliphatic carbocycles. The minimum atomic E-state index is -0.883. The molecule has 2 aromatic heterocycles. The Bertz CT molecular complexity index is 1210. The number of hydrogen-bond donors (Lipinski definition) is 1. The molecule has 0 fully saturated rings. The van der Waals surface area contributed by atoms with Gasteiger partial charge in [-0.1, -0.05) is 12.1 Å². The smallest absolute Gasteiger partial charge is 0.239 e. The number of aromatic nitrogens is 1. The Morgan fingerprint density at radius 1 is 1.23 bits per heavy atom. The Labute approximate surface area is 184 Å². The molecule has 7 nitrogen and oxygen atoms in total. The second-order valence-corrected chi connectivity index (χ2v) is 8.41. The summed E-state index contributed by atoms with van der Waals surface area (Å²) in [7, 11) is 3.24. The lowest BCUT2D eigenvalue weighted by Crippen LogP contribution is -2.52. The summed E-state index contributed by atoms with van der Waals surface area (Å²) in [5.41, 5.74) is 8.31. The van der Waals surface area contributed by atoms with E-state index in [-0.39, 0.29) is 11.9 Å². The van der Waals surface area contributed by atoms with E-state index in [1.165, 1.54) is 22.4 Å². The number of amides is 1. The number of guanidine groups is 1. The molecule has 156 valence electrons. The van der Waals surface area contributed by atoms with Gasteiger partial charge in [-0.3, -0.25) is 14.7 Å². The number of aliphatic imine (C=N–C) groups is 1. The maximum atomic E-state index is 13.3. The monoisotopic (exact) mass is 431 g/mol. The highest BCUT2D eigenvalue weighted by Crippen LogP contribution is 2.47. The van der Waals surface area contributed by atoms with Crippen molar-refractivity contribution >= 4 is 23.2 Å². The van der Waals surface area contributed by atoms with Crippen LogP contribution in [0, 0.1) is 11.3 Å². The molecule has 1 amide bonds. The zero-order valence-electron chi connectivity index (χ0n) is 17.4. The Morgan fingerprint density at radius 2 is 1.97 bits per heavy atom. The van der Waals surface area contributed by atoms with Gasteiger partial charge in [-0.25, -0.2) is 4.99 Å². The summed E-state index contributed by atoms with van der Waals surface area (Å²) in [6, 6.07) is 13.3. The number of rotatable bonds is 4. The van der Waals surface area contributed by atoms with E-state index in [4.69, 9.17) is 15.5 Å². The van der Waals surface area contributed by atoms with E-state index in [0.29, 0.717) is 11.3 Å². The minimum absolute atomic E-state index is 0.122. The number of nitrogens with two attached hydrogens (primary N) is 1. The van der Waals surface area contributed by atoms with E-state index in [1.807, 2.05) is 42.6 Å². The van der Waals surface area contributed by atoms with Crippen LogP contribution in [0.5, 0.6) is 5.75 Å². The molecule has 1 aromatic carbocycles. The first-order valence-corrected chi connectivity index (χ1v) is 10.5. The molecule has 0 radical (unpaired) electrons. The van der Waals surface area contributed by atoms with Gasteiger partial charge >= 0.3 is 0 Å². The standard InChI is InChI=1S/C23H21N5O2S/c1-23(19-9-17(13-31-19)16-8-14(10-24)11-26-12-16)20(21(29)28(2)22(25)27-23)15-4-6-18(30-3)7-5-15/h4-9,11-13,20H,1-3H3,(H2,25,27)/t20?,23-/m1/s1. The Kier molecular flexibility index (Phi) is 5.21. The molecule has 1 unspecified atom stereocenters. The summed E-state index contributed by atoms with van der Waals surface area (Å²) < 4.78 is 5.26. The van der Waals surface area contributed by atoms with E-state index < -0.39 is 11.5 Å². The molecule has 1 aliphatic heterocycles.